The van der Waals surface area contributed by atoms with E-state index >= 15 is 0 Å². The zero-order valence-corrected chi connectivity index (χ0v) is 12.0. The van der Waals surface area contributed by atoms with Crippen LogP contribution in [0.25, 0.3) is 0 Å². The fourth-order valence-corrected chi connectivity index (χ4v) is 2.87. The number of aromatic nitrogens is 1. The minimum atomic E-state index is -4.65. The zero-order valence-electron chi connectivity index (χ0n) is 11.2. The van der Waals surface area contributed by atoms with Crippen LogP contribution in [0.15, 0.2) is 23.6 Å². The molecule has 116 valence electrons. The van der Waals surface area contributed by atoms with Gasteiger partial charge < -0.3 is 9.39 Å². The van der Waals surface area contributed by atoms with Crippen LogP contribution in [0.2, 0.25) is 0 Å². The Morgan fingerprint density at radius 3 is 2.62 bits per heavy atom. The first-order valence-electron chi connectivity index (χ1n) is 5.97. The largest absolute Gasteiger partial charge is 0.416 e. The molecule has 2 heterocycles. The second-order valence-corrected chi connectivity index (χ2v) is 6.25. The smallest absolute Gasteiger partial charge is 0.389 e. The standard InChI is InChI=1S/C12H13F3N2O3S/c1-11(2)5-9(17-20-11)10(21(18)19)7-6-16-4-3-8(7)12(13,14)15/h3-4,6,10H,5H2,1-2H3,(H,18,19). The molecule has 0 saturated heterocycles. The Morgan fingerprint density at radius 2 is 2.14 bits per heavy atom. The summed E-state index contributed by atoms with van der Waals surface area (Å²) in [6, 6.07) is 0.775. The molecule has 1 aromatic rings. The molecule has 1 aliphatic heterocycles. The molecule has 0 bridgehead atoms. The first-order valence-corrected chi connectivity index (χ1v) is 7.14. The minimum absolute atomic E-state index is 0.0966. The Labute approximate surface area is 121 Å². The molecule has 0 radical (unpaired) electrons. The lowest BCUT2D eigenvalue weighted by molar-refractivity contribution is -0.138. The molecule has 1 aliphatic rings. The maximum Gasteiger partial charge on any atom is 0.416 e. The van der Waals surface area contributed by atoms with Crippen LogP contribution in [-0.2, 0) is 22.1 Å². The number of alkyl halides is 3. The van der Waals surface area contributed by atoms with Gasteiger partial charge in [0.1, 0.15) is 10.9 Å². The van der Waals surface area contributed by atoms with Crippen molar-refractivity contribution in [3.63, 3.8) is 0 Å². The Kier molecular flexibility index (Phi) is 4.07. The third kappa shape index (κ3) is 3.41. The van der Waals surface area contributed by atoms with Gasteiger partial charge in [-0.15, -0.1) is 0 Å². The summed E-state index contributed by atoms with van der Waals surface area (Å²) >= 11 is -2.57. The molecule has 0 amide bonds. The lowest BCUT2D eigenvalue weighted by atomic mass is 9.96. The van der Waals surface area contributed by atoms with Crippen molar-refractivity contribution in [1.82, 2.24) is 4.98 Å². The lowest BCUT2D eigenvalue weighted by Gasteiger charge is -2.19. The molecule has 0 aliphatic carbocycles. The van der Waals surface area contributed by atoms with Gasteiger partial charge in [0.05, 0.1) is 11.3 Å². The average Bonchev–Trinajstić information content (AvgIpc) is 2.68. The van der Waals surface area contributed by atoms with Gasteiger partial charge >= 0.3 is 6.18 Å². The predicted octanol–water partition coefficient (Wildman–Crippen LogP) is 2.92. The van der Waals surface area contributed by atoms with Gasteiger partial charge in [0, 0.05) is 24.4 Å². The lowest BCUT2D eigenvalue weighted by Crippen LogP contribution is -2.25. The number of hydrogen-bond donors (Lipinski definition) is 1. The van der Waals surface area contributed by atoms with E-state index in [9.17, 15) is 21.9 Å². The molecule has 21 heavy (non-hydrogen) atoms. The molecule has 1 N–H and O–H groups in total. The number of oxime groups is 1. The molecule has 0 fully saturated rings. The van der Waals surface area contributed by atoms with Gasteiger partial charge in [-0.3, -0.25) is 4.98 Å². The summed E-state index contributed by atoms with van der Waals surface area (Å²) in [6.07, 6.45) is -2.56. The fourth-order valence-electron chi connectivity index (χ4n) is 2.10. The molecule has 9 heteroatoms. The molecule has 0 spiro atoms. The summed E-state index contributed by atoms with van der Waals surface area (Å²) in [7, 11) is 0. The summed E-state index contributed by atoms with van der Waals surface area (Å²) in [5.41, 5.74) is -2.00. The van der Waals surface area contributed by atoms with Gasteiger partial charge in [-0.05, 0) is 19.9 Å². The molecule has 1 aromatic heterocycles. The predicted molar refractivity (Wildman–Crippen MR) is 70.0 cm³/mol. The van der Waals surface area contributed by atoms with E-state index < -0.39 is 33.7 Å². The van der Waals surface area contributed by atoms with Crippen molar-refractivity contribution in [2.45, 2.75) is 37.3 Å². The zero-order chi connectivity index (χ0) is 15.8. The first kappa shape index (κ1) is 15.9. The molecule has 2 unspecified atom stereocenters. The van der Waals surface area contributed by atoms with Crippen molar-refractivity contribution in [2.24, 2.45) is 5.16 Å². The highest BCUT2D eigenvalue weighted by Gasteiger charge is 2.41. The monoisotopic (exact) mass is 322 g/mol. The van der Waals surface area contributed by atoms with E-state index in [0.717, 1.165) is 18.5 Å². The highest BCUT2D eigenvalue weighted by molar-refractivity contribution is 7.80. The normalized spacial score (nSPS) is 20.6. The second kappa shape index (κ2) is 5.38. The second-order valence-electron chi connectivity index (χ2n) is 5.23. The van der Waals surface area contributed by atoms with Gasteiger partial charge in [0.25, 0.3) is 0 Å². The molecular weight excluding hydrogens is 309 g/mol. The van der Waals surface area contributed by atoms with E-state index in [1.54, 1.807) is 13.8 Å². The highest BCUT2D eigenvalue weighted by Crippen LogP contribution is 2.38. The van der Waals surface area contributed by atoms with Crippen molar-refractivity contribution in [2.75, 3.05) is 0 Å². The SMILES string of the molecule is CC1(C)CC(C(c2cnccc2C(F)(F)F)S(=O)O)=NO1. The maximum atomic E-state index is 13.0. The van der Waals surface area contributed by atoms with Crippen LogP contribution < -0.4 is 0 Å². The van der Waals surface area contributed by atoms with Crippen LogP contribution in [0, 0.1) is 0 Å². The van der Waals surface area contributed by atoms with Gasteiger partial charge in [0.15, 0.2) is 11.1 Å². The van der Waals surface area contributed by atoms with E-state index in [2.05, 4.69) is 10.1 Å². The van der Waals surface area contributed by atoms with Crippen LogP contribution in [0.3, 0.4) is 0 Å². The number of nitrogens with zero attached hydrogens (tertiary/aromatic N) is 2. The van der Waals surface area contributed by atoms with E-state index in [-0.39, 0.29) is 17.7 Å². The third-order valence-corrected chi connectivity index (χ3v) is 3.89. The van der Waals surface area contributed by atoms with Gasteiger partial charge in [-0.2, -0.15) is 13.2 Å². The molecule has 2 rings (SSSR count). The van der Waals surface area contributed by atoms with Gasteiger partial charge in [-0.25, -0.2) is 4.21 Å². The van der Waals surface area contributed by atoms with Crippen molar-refractivity contribution in [3.8, 4) is 0 Å². The first-order chi connectivity index (χ1) is 9.62. The van der Waals surface area contributed by atoms with E-state index in [1.807, 2.05) is 0 Å². The summed E-state index contributed by atoms with van der Waals surface area (Å²) < 4.78 is 60.1. The molecule has 2 atom stereocenters. The van der Waals surface area contributed by atoms with Crippen molar-refractivity contribution in [3.05, 3.63) is 29.6 Å². The Morgan fingerprint density at radius 1 is 1.48 bits per heavy atom. The molecular formula is C12H13F3N2O3S. The summed E-state index contributed by atoms with van der Waals surface area (Å²) in [4.78, 5) is 8.70. The van der Waals surface area contributed by atoms with Gasteiger partial charge in [-0.1, -0.05) is 5.16 Å². The van der Waals surface area contributed by atoms with Gasteiger partial charge in [0.2, 0.25) is 0 Å². The van der Waals surface area contributed by atoms with Crippen molar-refractivity contribution < 1.29 is 26.8 Å². The number of rotatable bonds is 3. The topological polar surface area (TPSA) is 71.8 Å². The number of halogens is 3. The molecule has 0 saturated carbocycles. The van der Waals surface area contributed by atoms with Crippen LogP contribution in [0.1, 0.15) is 36.6 Å². The average molecular weight is 322 g/mol. The number of pyridine rings is 1. The van der Waals surface area contributed by atoms with Crippen molar-refractivity contribution in [1.29, 1.82) is 0 Å². The van der Waals surface area contributed by atoms with E-state index in [0.29, 0.717) is 0 Å². The minimum Gasteiger partial charge on any atom is -0.389 e. The summed E-state index contributed by atoms with van der Waals surface area (Å²) in [5, 5.41) is 2.26. The maximum absolute atomic E-state index is 13.0. The Balaban J connectivity index is 2.49. The highest BCUT2D eigenvalue weighted by atomic mass is 32.2. The van der Waals surface area contributed by atoms with Crippen LogP contribution in [0.4, 0.5) is 13.2 Å². The number of hydrogen-bond acceptors (Lipinski definition) is 4. The molecule has 5 nitrogen and oxygen atoms in total. The van der Waals surface area contributed by atoms with Crippen LogP contribution >= 0.6 is 0 Å². The summed E-state index contributed by atoms with van der Waals surface area (Å²) in [6.45, 7) is 3.38. The molecule has 0 aromatic carbocycles. The van der Waals surface area contributed by atoms with E-state index in [1.165, 1.54) is 0 Å². The van der Waals surface area contributed by atoms with Crippen molar-refractivity contribution >= 4 is 16.8 Å². The Bertz CT molecular complexity index is 602. The quantitative estimate of drug-likeness (QED) is 0.869. The third-order valence-electron chi connectivity index (χ3n) is 2.96. The van der Waals surface area contributed by atoms with E-state index in [4.69, 9.17) is 4.84 Å². The van der Waals surface area contributed by atoms with Crippen LogP contribution in [0.5, 0.6) is 0 Å². The fraction of sp³-hybridized carbons (Fsp3) is 0.500. The Hall–Kier alpha value is -1.48. The summed E-state index contributed by atoms with van der Waals surface area (Å²) in [5.74, 6) is 0. The van der Waals surface area contributed by atoms with Crippen LogP contribution in [-0.4, -0.2) is 25.1 Å².